The fourth-order valence-electron chi connectivity index (χ4n) is 1.79. The van der Waals surface area contributed by atoms with Crippen LogP contribution < -0.4 is 5.11 Å². The van der Waals surface area contributed by atoms with Gasteiger partial charge in [-0.2, -0.15) is 4.31 Å². The molecule has 1 unspecified atom stereocenters. The van der Waals surface area contributed by atoms with Gasteiger partial charge < -0.3 is 9.90 Å². The van der Waals surface area contributed by atoms with Gasteiger partial charge in [-0.05, 0) is 24.3 Å². The summed E-state index contributed by atoms with van der Waals surface area (Å²) in [6.07, 6.45) is 0.885. The van der Waals surface area contributed by atoms with E-state index >= 15 is 0 Å². The first-order valence-electron chi connectivity index (χ1n) is 4.79. The van der Waals surface area contributed by atoms with Gasteiger partial charge in [-0.25, -0.2) is 8.42 Å². The van der Waals surface area contributed by atoms with Crippen LogP contribution in [0.5, 0.6) is 0 Å². The van der Waals surface area contributed by atoms with Crippen molar-refractivity contribution in [1.82, 2.24) is 4.31 Å². The van der Waals surface area contributed by atoms with E-state index in [9.17, 15) is 18.3 Å². The van der Waals surface area contributed by atoms with Crippen molar-refractivity contribution in [3.05, 3.63) is 17.5 Å². The molecule has 2 rings (SSSR count). The van der Waals surface area contributed by atoms with E-state index in [0.717, 1.165) is 15.6 Å². The van der Waals surface area contributed by atoms with Gasteiger partial charge in [0.1, 0.15) is 4.21 Å². The van der Waals surface area contributed by atoms with Crippen LogP contribution in [0.25, 0.3) is 0 Å². The molecule has 0 saturated carbocycles. The minimum Gasteiger partial charge on any atom is -0.548 e. The Bertz CT molecular complexity index is 480. The first-order chi connectivity index (χ1) is 7.53. The number of carbonyl (C=O) groups excluding carboxylic acids is 1. The quantitative estimate of drug-likeness (QED) is 0.744. The molecule has 1 aromatic heterocycles. The van der Waals surface area contributed by atoms with E-state index in [1.165, 1.54) is 6.07 Å². The van der Waals surface area contributed by atoms with Crippen LogP contribution in [0, 0.1) is 0 Å². The zero-order chi connectivity index (χ0) is 11.8. The van der Waals surface area contributed by atoms with Crippen LogP contribution in [0.15, 0.2) is 21.7 Å². The summed E-state index contributed by atoms with van der Waals surface area (Å²) in [5.74, 6) is -1.32. The molecule has 0 aliphatic carbocycles. The SMILES string of the molecule is O=C([O-])C1CCCN1S(=O)(=O)c1cccs1. The third-order valence-electron chi connectivity index (χ3n) is 2.53. The van der Waals surface area contributed by atoms with Gasteiger partial charge in [-0.3, -0.25) is 0 Å². The molecular formula is C9H10NO4S2-. The maximum Gasteiger partial charge on any atom is 0.253 e. The average Bonchev–Trinajstić information content (AvgIpc) is 2.89. The van der Waals surface area contributed by atoms with E-state index in [4.69, 9.17) is 0 Å². The fraction of sp³-hybridized carbons (Fsp3) is 0.444. The van der Waals surface area contributed by atoms with Crippen molar-refractivity contribution in [2.45, 2.75) is 23.1 Å². The van der Waals surface area contributed by atoms with Gasteiger partial charge in [0.25, 0.3) is 10.0 Å². The lowest BCUT2D eigenvalue weighted by atomic mass is 10.2. The lowest BCUT2D eigenvalue weighted by molar-refractivity contribution is -0.309. The molecular weight excluding hydrogens is 250 g/mol. The molecule has 5 nitrogen and oxygen atoms in total. The molecule has 0 radical (unpaired) electrons. The van der Waals surface area contributed by atoms with Crippen molar-refractivity contribution in [2.75, 3.05) is 6.54 Å². The highest BCUT2D eigenvalue weighted by molar-refractivity contribution is 7.91. The molecule has 1 fully saturated rings. The Labute approximate surface area is 97.4 Å². The molecule has 1 aliphatic heterocycles. The number of rotatable bonds is 3. The first-order valence-corrected chi connectivity index (χ1v) is 7.11. The van der Waals surface area contributed by atoms with Gasteiger partial charge in [0.2, 0.25) is 0 Å². The minimum atomic E-state index is -3.66. The maximum absolute atomic E-state index is 12.1. The third-order valence-corrected chi connectivity index (χ3v) is 5.82. The van der Waals surface area contributed by atoms with E-state index in [1.54, 1.807) is 11.4 Å². The average molecular weight is 260 g/mol. The van der Waals surface area contributed by atoms with Crippen LogP contribution in [0.4, 0.5) is 0 Å². The second kappa shape index (κ2) is 4.15. The molecule has 2 heterocycles. The van der Waals surface area contributed by atoms with Crippen molar-refractivity contribution in [2.24, 2.45) is 0 Å². The highest BCUT2D eigenvalue weighted by atomic mass is 32.2. The molecule has 0 aromatic carbocycles. The van der Waals surface area contributed by atoms with Gasteiger partial charge in [-0.15, -0.1) is 11.3 Å². The van der Waals surface area contributed by atoms with E-state index in [1.807, 2.05) is 0 Å². The molecule has 0 N–H and O–H groups in total. The lowest BCUT2D eigenvalue weighted by Crippen LogP contribution is -2.46. The molecule has 0 spiro atoms. The highest BCUT2D eigenvalue weighted by Crippen LogP contribution is 2.28. The highest BCUT2D eigenvalue weighted by Gasteiger charge is 2.36. The Morgan fingerprint density at radius 3 is 2.88 bits per heavy atom. The first kappa shape index (κ1) is 11.6. The van der Waals surface area contributed by atoms with Crippen molar-refractivity contribution in [3.63, 3.8) is 0 Å². The Morgan fingerprint density at radius 1 is 1.56 bits per heavy atom. The standard InChI is InChI=1S/C9H11NO4S2/c11-9(12)7-3-1-5-10(7)16(13,14)8-4-2-6-15-8/h2,4,6-7H,1,3,5H2,(H,11,12)/p-1. The Morgan fingerprint density at radius 2 is 2.31 bits per heavy atom. The van der Waals surface area contributed by atoms with Crippen LogP contribution in [-0.2, 0) is 14.8 Å². The number of carbonyl (C=O) groups is 1. The summed E-state index contributed by atoms with van der Waals surface area (Å²) in [5, 5.41) is 12.5. The molecule has 16 heavy (non-hydrogen) atoms. The Hall–Kier alpha value is -0.920. The molecule has 0 amide bonds. The minimum absolute atomic E-state index is 0.181. The van der Waals surface area contributed by atoms with Crippen molar-refractivity contribution < 1.29 is 18.3 Å². The normalized spacial score (nSPS) is 22.4. The summed E-state index contributed by atoms with van der Waals surface area (Å²) in [4.78, 5) is 10.8. The molecule has 88 valence electrons. The monoisotopic (exact) mass is 260 g/mol. The van der Waals surface area contributed by atoms with E-state index < -0.39 is 22.0 Å². The summed E-state index contributed by atoms with van der Waals surface area (Å²) < 4.78 is 25.3. The van der Waals surface area contributed by atoms with Crippen LogP contribution in [-0.4, -0.2) is 31.3 Å². The number of nitrogens with zero attached hydrogens (tertiary/aromatic N) is 1. The number of aliphatic carboxylic acids is 1. The zero-order valence-corrected chi connectivity index (χ0v) is 9.96. The van der Waals surface area contributed by atoms with Crippen LogP contribution in [0.2, 0.25) is 0 Å². The lowest BCUT2D eigenvalue weighted by Gasteiger charge is -2.23. The van der Waals surface area contributed by atoms with Crippen molar-refractivity contribution in [1.29, 1.82) is 0 Å². The van der Waals surface area contributed by atoms with Crippen molar-refractivity contribution in [3.8, 4) is 0 Å². The number of hydrogen-bond donors (Lipinski definition) is 0. The topological polar surface area (TPSA) is 77.5 Å². The maximum atomic E-state index is 12.1. The second-order valence-electron chi connectivity index (χ2n) is 3.52. The molecule has 1 saturated heterocycles. The summed E-state index contributed by atoms with van der Waals surface area (Å²) in [7, 11) is -3.66. The molecule has 1 atom stereocenters. The molecule has 7 heteroatoms. The van der Waals surface area contributed by atoms with Gasteiger partial charge in [0.05, 0.1) is 12.0 Å². The van der Waals surface area contributed by atoms with E-state index in [-0.39, 0.29) is 10.8 Å². The Balaban J connectivity index is 2.34. The number of thiophene rings is 1. The summed E-state index contributed by atoms with van der Waals surface area (Å²) in [6, 6.07) is 2.08. The summed E-state index contributed by atoms with van der Waals surface area (Å²) in [6.45, 7) is 0.249. The van der Waals surface area contributed by atoms with Crippen LogP contribution >= 0.6 is 11.3 Å². The smallest absolute Gasteiger partial charge is 0.253 e. The predicted octanol–water partition coefficient (Wildman–Crippen LogP) is -0.349. The Kier molecular flexibility index (Phi) is 3.00. The summed E-state index contributed by atoms with van der Waals surface area (Å²) >= 11 is 1.09. The zero-order valence-electron chi connectivity index (χ0n) is 8.33. The van der Waals surface area contributed by atoms with Gasteiger partial charge in [0, 0.05) is 6.54 Å². The molecule has 1 aromatic rings. The van der Waals surface area contributed by atoms with Gasteiger partial charge in [-0.1, -0.05) is 6.07 Å². The van der Waals surface area contributed by atoms with E-state index in [2.05, 4.69) is 0 Å². The third kappa shape index (κ3) is 1.85. The van der Waals surface area contributed by atoms with Crippen molar-refractivity contribution >= 4 is 27.3 Å². The number of sulfonamides is 1. The fourth-order valence-corrected chi connectivity index (χ4v) is 4.56. The largest absolute Gasteiger partial charge is 0.548 e. The van der Waals surface area contributed by atoms with E-state index in [0.29, 0.717) is 12.8 Å². The number of carboxylic acids is 1. The number of carboxylic acid groups (broad SMARTS) is 1. The predicted molar refractivity (Wildman–Crippen MR) is 56.2 cm³/mol. The molecule has 1 aliphatic rings. The second-order valence-corrected chi connectivity index (χ2v) is 6.59. The van der Waals surface area contributed by atoms with Gasteiger partial charge >= 0.3 is 0 Å². The summed E-state index contributed by atoms with van der Waals surface area (Å²) in [5.41, 5.74) is 0. The van der Waals surface area contributed by atoms with Crippen LogP contribution in [0.3, 0.4) is 0 Å². The van der Waals surface area contributed by atoms with Gasteiger partial charge in [0.15, 0.2) is 0 Å². The molecule has 0 bridgehead atoms. The van der Waals surface area contributed by atoms with Crippen LogP contribution in [0.1, 0.15) is 12.8 Å². The number of hydrogen-bond acceptors (Lipinski definition) is 5.